The van der Waals surface area contributed by atoms with Crippen LogP contribution in [0.3, 0.4) is 0 Å². The summed E-state index contributed by atoms with van der Waals surface area (Å²) in [6.45, 7) is -0.790. The minimum absolute atomic E-state index is 0.162. The molecule has 1 aromatic rings. The molecule has 1 rings (SSSR count). The summed E-state index contributed by atoms with van der Waals surface area (Å²) in [6.07, 6.45) is -6.02. The van der Waals surface area contributed by atoms with Crippen molar-refractivity contribution in [3.05, 3.63) is 35.4 Å². The highest BCUT2D eigenvalue weighted by Gasteiger charge is 2.63. The first kappa shape index (κ1) is 15.3. The SMILES string of the molecule is O=C(NCc1ccc(F)c(F)c1)C(F)(F)C(F)(F)F. The molecule has 0 aliphatic heterocycles. The van der Waals surface area contributed by atoms with Gasteiger partial charge in [0, 0.05) is 6.54 Å². The van der Waals surface area contributed by atoms with Crippen LogP contribution in [0.2, 0.25) is 0 Å². The van der Waals surface area contributed by atoms with Gasteiger partial charge in [0.1, 0.15) is 0 Å². The molecule has 0 aliphatic rings. The molecule has 1 N–H and O–H groups in total. The van der Waals surface area contributed by atoms with Crippen molar-refractivity contribution in [3.63, 3.8) is 0 Å². The average molecular weight is 289 g/mol. The lowest BCUT2D eigenvalue weighted by Crippen LogP contribution is -2.50. The minimum Gasteiger partial charge on any atom is -0.346 e. The summed E-state index contributed by atoms with van der Waals surface area (Å²) in [5.41, 5.74) is -0.162. The topological polar surface area (TPSA) is 29.1 Å². The number of rotatable bonds is 3. The van der Waals surface area contributed by atoms with Crippen LogP contribution >= 0.6 is 0 Å². The Balaban J connectivity index is 2.72. The van der Waals surface area contributed by atoms with Gasteiger partial charge in [0.25, 0.3) is 0 Å². The third-order valence-corrected chi connectivity index (χ3v) is 2.08. The molecule has 0 saturated heterocycles. The molecule has 0 bridgehead atoms. The Morgan fingerprint density at radius 3 is 2.11 bits per heavy atom. The summed E-state index contributed by atoms with van der Waals surface area (Å²) in [4.78, 5) is 10.7. The molecule has 19 heavy (non-hydrogen) atoms. The molecule has 0 spiro atoms. The molecule has 1 amide bonds. The second-order valence-electron chi connectivity index (χ2n) is 3.50. The van der Waals surface area contributed by atoms with Crippen LogP contribution in [0.5, 0.6) is 0 Å². The smallest absolute Gasteiger partial charge is 0.346 e. The van der Waals surface area contributed by atoms with Crippen molar-refractivity contribution < 1.29 is 35.5 Å². The van der Waals surface area contributed by atoms with Gasteiger partial charge in [-0.1, -0.05) is 6.07 Å². The predicted octanol–water partition coefficient (Wildman–Crippen LogP) is 2.78. The van der Waals surface area contributed by atoms with Crippen molar-refractivity contribution in [2.45, 2.75) is 18.6 Å². The second-order valence-corrected chi connectivity index (χ2v) is 3.50. The number of carbonyl (C=O) groups is 1. The number of benzene rings is 1. The number of hydrogen-bond acceptors (Lipinski definition) is 1. The van der Waals surface area contributed by atoms with Crippen molar-refractivity contribution in [1.82, 2.24) is 5.32 Å². The summed E-state index contributed by atoms with van der Waals surface area (Å²) >= 11 is 0. The van der Waals surface area contributed by atoms with Crippen molar-refractivity contribution in [1.29, 1.82) is 0 Å². The van der Waals surface area contributed by atoms with E-state index in [2.05, 4.69) is 0 Å². The van der Waals surface area contributed by atoms with E-state index in [0.717, 1.165) is 6.07 Å². The summed E-state index contributed by atoms with van der Waals surface area (Å²) in [5.74, 6) is -10.6. The molecule has 0 aromatic heterocycles. The van der Waals surface area contributed by atoms with E-state index < -0.39 is 36.2 Å². The zero-order chi connectivity index (χ0) is 14.8. The van der Waals surface area contributed by atoms with Gasteiger partial charge in [-0.25, -0.2) is 8.78 Å². The first-order valence-electron chi connectivity index (χ1n) is 4.72. The first-order valence-corrected chi connectivity index (χ1v) is 4.72. The lowest BCUT2D eigenvalue weighted by molar-refractivity contribution is -0.269. The van der Waals surface area contributed by atoms with Crippen LogP contribution in [0.15, 0.2) is 18.2 Å². The Labute approximate surface area is 102 Å². The molecule has 0 unspecified atom stereocenters. The second kappa shape index (κ2) is 5.06. The number of hydrogen-bond donors (Lipinski definition) is 1. The molecule has 106 valence electrons. The minimum atomic E-state index is -6.02. The summed E-state index contributed by atoms with van der Waals surface area (Å²) in [6, 6.07) is 2.16. The number of alkyl halides is 5. The number of amides is 1. The number of halogens is 7. The van der Waals surface area contributed by atoms with Gasteiger partial charge in [-0.3, -0.25) is 4.79 Å². The fourth-order valence-electron chi connectivity index (χ4n) is 1.07. The average Bonchev–Trinajstić information content (AvgIpc) is 2.28. The maximum Gasteiger partial charge on any atom is 0.463 e. The Kier molecular flexibility index (Phi) is 4.06. The molecule has 0 radical (unpaired) electrons. The predicted molar refractivity (Wildman–Crippen MR) is 49.2 cm³/mol. The Morgan fingerprint density at radius 1 is 1.05 bits per heavy atom. The van der Waals surface area contributed by atoms with Crippen molar-refractivity contribution in [2.75, 3.05) is 0 Å². The van der Waals surface area contributed by atoms with E-state index in [9.17, 15) is 35.5 Å². The van der Waals surface area contributed by atoms with Crippen LogP contribution in [0, 0.1) is 11.6 Å². The van der Waals surface area contributed by atoms with Crippen LogP contribution in [-0.4, -0.2) is 18.0 Å². The molecule has 0 fully saturated rings. The van der Waals surface area contributed by atoms with Gasteiger partial charge < -0.3 is 5.32 Å². The normalized spacial score (nSPS) is 12.4. The van der Waals surface area contributed by atoms with Crippen molar-refractivity contribution >= 4 is 5.91 Å². The van der Waals surface area contributed by atoms with Gasteiger partial charge >= 0.3 is 18.0 Å². The van der Waals surface area contributed by atoms with Crippen LogP contribution in [0.1, 0.15) is 5.56 Å². The summed E-state index contributed by atoms with van der Waals surface area (Å²) in [5, 5.41) is 1.29. The van der Waals surface area contributed by atoms with Crippen molar-refractivity contribution in [3.8, 4) is 0 Å². The molecule has 1 aromatic carbocycles. The van der Waals surface area contributed by atoms with Gasteiger partial charge in [0.2, 0.25) is 0 Å². The molecular formula is C10H6F7NO. The van der Waals surface area contributed by atoms with E-state index in [1.807, 2.05) is 0 Å². The Bertz CT molecular complexity index is 483. The van der Waals surface area contributed by atoms with Gasteiger partial charge in [-0.05, 0) is 17.7 Å². The zero-order valence-corrected chi connectivity index (χ0v) is 8.99. The monoisotopic (exact) mass is 289 g/mol. The molecule has 0 atom stereocenters. The largest absolute Gasteiger partial charge is 0.463 e. The van der Waals surface area contributed by atoms with Gasteiger partial charge in [-0.2, -0.15) is 22.0 Å². The van der Waals surface area contributed by atoms with E-state index >= 15 is 0 Å². The van der Waals surface area contributed by atoms with E-state index in [1.54, 1.807) is 0 Å². The third kappa shape index (κ3) is 3.36. The van der Waals surface area contributed by atoms with Gasteiger partial charge in [0.15, 0.2) is 11.6 Å². The Hall–Kier alpha value is -1.80. The van der Waals surface area contributed by atoms with E-state index in [4.69, 9.17) is 0 Å². The van der Waals surface area contributed by atoms with Crippen LogP contribution in [-0.2, 0) is 11.3 Å². The van der Waals surface area contributed by atoms with E-state index in [-0.39, 0.29) is 5.56 Å². The molecule has 0 aliphatic carbocycles. The Morgan fingerprint density at radius 2 is 1.63 bits per heavy atom. The van der Waals surface area contributed by atoms with Crippen molar-refractivity contribution in [2.24, 2.45) is 0 Å². The van der Waals surface area contributed by atoms with Crippen LogP contribution in [0.25, 0.3) is 0 Å². The van der Waals surface area contributed by atoms with E-state index in [1.165, 1.54) is 5.32 Å². The first-order chi connectivity index (χ1) is 8.55. The molecule has 2 nitrogen and oxygen atoms in total. The highest BCUT2D eigenvalue weighted by Crippen LogP contribution is 2.35. The lowest BCUT2D eigenvalue weighted by atomic mass is 10.2. The summed E-state index contributed by atoms with van der Waals surface area (Å²) in [7, 11) is 0. The fraction of sp³-hybridized carbons (Fsp3) is 0.300. The number of carbonyl (C=O) groups excluding carboxylic acids is 1. The highest BCUT2D eigenvalue weighted by molar-refractivity contribution is 5.84. The molecular weight excluding hydrogens is 283 g/mol. The molecule has 0 saturated carbocycles. The van der Waals surface area contributed by atoms with Crippen LogP contribution in [0.4, 0.5) is 30.7 Å². The maximum atomic E-state index is 12.7. The van der Waals surface area contributed by atoms with E-state index in [0.29, 0.717) is 12.1 Å². The third-order valence-electron chi connectivity index (χ3n) is 2.08. The van der Waals surface area contributed by atoms with Gasteiger partial charge in [0.05, 0.1) is 0 Å². The summed E-state index contributed by atoms with van der Waals surface area (Å²) < 4.78 is 85.6. The highest BCUT2D eigenvalue weighted by atomic mass is 19.4. The maximum absolute atomic E-state index is 12.7. The molecule has 9 heteroatoms. The van der Waals surface area contributed by atoms with Gasteiger partial charge in [-0.15, -0.1) is 0 Å². The quantitative estimate of drug-likeness (QED) is 0.852. The standard InChI is InChI=1S/C10H6F7NO/c11-6-2-1-5(3-7(6)12)4-18-8(19)9(13,14)10(15,16)17/h1-3H,4H2,(H,18,19). The fourth-order valence-corrected chi connectivity index (χ4v) is 1.07. The number of nitrogens with one attached hydrogen (secondary N) is 1. The lowest BCUT2D eigenvalue weighted by Gasteiger charge is -2.18. The van der Waals surface area contributed by atoms with Crippen LogP contribution < -0.4 is 5.32 Å². The zero-order valence-electron chi connectivity index (χ0n) is 8.99. The molecule has 0 heterocycles.